The third-order valence-corrected chi connectivity index (χ3v) is 5.48. The van der Waals surface area contributed by atoms with Crippen molar-refractivity contribution in [2.75, 3.05) is 4.90 Å². The molecule has 0 N–H and O–H groups in total. The minimum atomic E-state index is -0.634. The largest absolute Gasteiger partial charge is 0.457 e. The fraction of sp³-hybridized carbons (Fsp3) is 0.250. The Balaban J connectivity index is 1.42. The monoisotopic (exact) mass is 349 g/mol. The number of carbonyl (C=O) groups excluding carboxylic acids is 3. The molecule has 0 spiro atoms. The highest BCUT2D eigenvalue weighted by Crippen LogP contribution is 2.53. The molecule has 1 aliphatic heterocycles. The zero-order chi connectivity index (χ0) is 17.8. The molecule has 26 heavy (non-hydrogen) atoms. The van der Waals surface area contributed by atoms with Crippen LogP contribution in [0.25, 0.3) is 0 Å². The summed E-state index contributed by atoms with van der Waals surface area (Å²) in [5.41, 5.74) is 0.429. The summed E-state index contributed by atoms with van der Waals surface area (Å²) < 4.78 is 10.3. The molecule has 2 aromatic rings. The average molecular weight is 349 g/mol. The van der Waals surface area contributed by atoms with Gasteiger partial charge in [0.1, 0.15) is 5.75 Å². The Labute approximate surface area is 149 Å². The number of anilines is 1. The maximum Gasteiger partial charge on any atom is 0.379 e. The van der Waals surface area contributed by atoms with Crippen LogP contribution in [0.5, 0.6) is 5.75 Å². The van der Waals surface area contributed by atoms with Gasteiger partial charge in [-0.05, 0) is 42.5 Å². The number of esters is 1. The minimum Gasteiger partial charge on any atom is -0.457 e. The van der Waals surface area contributed by atoms with Crippen LogP contribution in [0.1, 0.15) is 17.0 Å². The van der Waals surface area contributed by atoms with Crippen LogP contribution in [0.15, 0.2) is 59.2 Å². The van der Waals surface area contributed by atoms with E-state index in [4.69, 9.17) is 9.15 Å². The van der Waals surface area contributed by atoms with E-state index in [0.29, 0.717) is 5.69 Å². The van der Waals surface area contributed by atoms with E-state index >= 15 is 0 Å². The van der Waals surface area contributed by atoms with Crippen LogP contribution in [0, 0.1) is 23.7 Å². The van der Waals surface area contributed by atoms with E-state index in [2.05, 4.69) is 12.2 Å². The van der Waals surface area contributed by atoms with Gasteiger partial charge in [-0.15, -0.1) is 0 Å². The van der Waals surface area contributed by atoms with E-state index in [9.17, 15) is 14.4 Å². The number of furan rings is 1. The molecule has 130 valence electrons. The molecule has 1 aromatic carbocycles. The number of hydrogen-bond acceptors (Lipinski definition) is 5. The van der Waals surface area contributed by atoms with Crippen LogP contribution >= 0.6 is 0 Å². The van der Waals surface area contributed by atoms with Crippen molar-refractivity contribution in [2.24, 2.45) is 23.7 Å². The minimum absolute atomic E-state index is 0.0842. The van der Waals surface area contributed by atoms with Crippen molar-refractivity contribution in [2.45, 2.75) is 6.42 Å². The average Bonchev–Trinajstić information content (AvgIpc) is 3.39. The van der Waals surface area contributed by atoms with Gasteiger partial charge in [0.15, 0.2) is 0 Å². The number of allylic oxidation sites excluding steroid dienone is 2. The van der Waals surface area contributed by atoms with Crippen molar-refractivity contribution in [3.05, 3.63) is 60.6 Å². The van der Waals surface area contributed by atoms with Crippen molar-refractivity contribution in [3.8, 4) is 5.75 Å². The van der Waals surface area contributed by atoms with E-state index in [1.165, 1.54) is 23.3 Å². The van der Waals surface area contributed by atoms with Crippen LogP contribution < -0.4 is 9.64 Å². The van der Waals surface area contributed by atoms with Gasteiger partial charge in [-0.25, -0.2) is 9.69 Å². The van der Waals surface area contributed by atoms with Gasteiger partial charge < -0.3 is 9.15 Å². The molecule has 3 aliphatic rings. The topological polar surface area (TPSA) is 76.8 Å². The van der Waals surface area contributed by atoms with Gasteiger partial charge in [0, 0.05) is 6.07 Å². The number of ether oxygens (including phenoxy) is 1. The Morgan fingerprint density at radius 2 is 1.77 bits per heavy atom. The quantitative estimate of drug-likeness (QED) is 0.369. The molecule has 5 rings (SSSR count). The molecule has 6 heteroatoms. The highest BCUT2D eigenvalue weighted by atomic mass is 16.5. The first-order valence-electron chi connectivity index (χ1n) is 8.55. The second kappa shape index (κ2) is 5.42. The van der Waals surface area contributed by atoms with E-state index in [1.807, 2.05) is 0 Å². The Morgan fingerprint density at radius 3 is 2.42 bits per heavy atom. The van der Waals surface area contributed by atoms with E-state index < -0.39 is 5.97 Å². The summed E-state index contributed by atoms with van der Waals surface area (Å²) in [6.07, 6.45) is 6.39. The van der Waals surface area contributed by atoms with Gasteiger partial charge in [0.05, 0.1) is 23.8 Å². The highest BCUT2D eigenvalue weighted by molar-refractivity contribution is 6.22. The van der Waals surface area contributed by atoms with Gasteiger partial charge in [0.25, 0.3) is 0 Å². The SMILES string of the molecule is O=C(Oc1cccc(N2C(=O)[C@@H]3[C@@H](C2=O)[C@H]2C=C[C@H]3C2)c1)c1ccco1. The van der Waals surface area contributed by atoms with Gasteiger partial charge in [-0.1, -0.05) is 18.2 Å². The zero-order valence-corrected chi connectivity index (χ0v) is 13.7. The molecule has 6 nitrogen and oxygen atoms in total. The number of rotatable bonds is 3. The summed E-state index contributed by atoms with van der Waals surface area (Å²) >= 11 is 0. The molecule has 2 fully saturated rings. The van der Waals surface area contributed by atoms with Crippen LogP contribution in [-0.2, 0) is 9.59 Å². The zero-order valence-electron chi connectivity index (χ0n) is 13.7. The molecule has 4 atom stereocenters. The molecular formula is C20H15NO5. The Morgan fingerprint density at radius 1 is 1.04 bits per heavy atom. The number of imide groups is 1. The Hall–Kier alpha value is -3.15. The number of benzene rings is 1. The van der Waals surface area contributed by atoms with Gasteiger partial charge in [-0.3, -0.25) is 9.59 Å². The smallest absolute Gasteiger partial charge is 0.379 e. The maximum absolute atomic E-state index is 12.9. The fourth-order valence-corrected chi connectivity index (χ4v) is 4.39. The second-order valence-electron chi connectivity index (χ2n) is 6.88. The summed E-state index contributed by atoms with van der Waals surface area (Å²) in [6.45, 7) is 0. The van der Waals surface area contributed by atoms with Crippen molar-refractivity contribution in [1.29, 1.82) is 0 Å². The lowest BCUT2D eigenvalue weighted by atomic mass is 9.85. The first-order chi connectivity index (χ1) is 12.6. The normalized spacial score (nSPS) is 28.7. The van der Waals surface area contributed by atoms with Crippen LogP contribution in [0.2, 0.25) is 0 Å². The van der Waals surface area contributed by atoms with E-state index in [0.717, 1.165) is 6.42 Å². The number of hydrogen-bond donors (Lipinski definition) is 0. The van der Waals surface area contributed by atoms with E-state index in [-0.39, 0.29) is 47.0 Å². The number of fused-ring (bicyclic) bond motifs is 5. The Bertz CT molecular complexity index is 915. The predicted octanol–water partition coefficient (Wildman–Crippen LogP) is 2.81. The summed E-state index contributed by atoms with van der Waals surface area (Å²) in [7, 11) is 0. The number of amides is 2. The lowest BCUT2D eigenvalue weighted by Gasteiger charge is -2.17. The molecule has 0 radical (unpaired) electrons. The highest BCUT2D eigenvalue weighted by Gasteiger charge is 2.59. The van der Waals surface area contributed by atoms with Crippen molar-refractivity contribution in [1.82, 2.24) is 0 Å². The van der Waals surface area contributed by atoms with Gasteiger partial charge in [-0.2, -0.15) is 0 Å². The molecule has 1 saturated heterocycles. The predicted molar refractivity (Wildman–Crippen MR) is 90.3 cm³/mol. The standard InChI is InChI=1S/C20H15NO5/c22-18-16-11-6-7-12(9-11)17(16)19(23)21(18)13-3-1-4-14(10-13)26-20(24)15-5-2-8-25-15/h1-8,10-12,16-17H,9H2/t11-,12-,16-,17-/m0/s1. The molecule has 2 amide bonds. The third kappa shape index (κ3) is 2.08. The molecule has 2 heterocycles. The summed E-state index contributed by atoms with van der Waals surface area (Å²) in [5, 5.41) is 0. The third-order valence-electron chi connectivity index (χ3n) is 5.48. The molecule has 2 aliphatic carbocycles. The molecule has 2 bridgehead atoms. The van der Waals surface area contributed by atoms with Crippen molar-refractivity contribution in [3.63, 3.8) is 0 Å². The fourth-order valence-electron chi connectivity index (χ4n) is 4.39. The number of carbonyl (C=O) groups is 3. The van der Waals surface area contributed by atoms with Crippen LogP contribution in [0.3, 0.4) is 0 Å². The summed E-state index contributed by atoms with van der Waals surface area (Å²) in [6, 6.07) is 9.56. The van der Waals surface area contributed by atoms with Crippen molar-refractivity contribution < 1.29 is 23.5 Å². The lowest BCUT2D eigenvalue weighted by molar-refractivity contribution is -0.123. The molecule has 1 aromatic heterocycles. The maximum atomic E-state index is 12.9. The lowest BCUT2D eigenvalue weighted by Crippen LogP contribution is -2.32. The second-order valence-corrected chi connectivity index (χ2v) is 6.88. The summed E-state index contributed by atoms with van der Waals surface area (Å²) in [5.74, 6) is -0.817. The Kier molecular flexibility index (Phi) is 3.16. The van der Waals surface area contributed by atoms with E-state index in [1.54, 1.807) is 24.3 Å². The molecular weight excluding hydrogens is 334 g/mol. The van der Waals surface area contributed by atoms with Gasteiger partial charge in [0.2, 0.25) is 17.6 Å². The number of nitrogens with zero attached hydrogens (tertiary/aromatic N) is 1. The van der Waals surface area contributed by atoms with Crippen LogP contribution in [0.4, 0.5) is 5.69 Å². The van der Waals surface area contributed by atoms with Crippen molar-refractivity contribution >= 4 is 23.5 Å². The first-order valence-corrected chi connectivity index (χ1v) is 8.55. The first kappa shape index (κ1) is 15.1. The molecule has 0 unspecified atom stereocenters. The summed E-state index contributed by atoms with van der Waals surface area (Å²) in [4.78, 5) is 39.0. The van der Waals surface area contributed by atoms with Gasteiger partial charge >= 0.3 is 5.97 Å². The molecule has 1 saturated carbocycles. The van der Waals surface area contributed by atoms with Crippen LogP contribution in [-0.4, -0.2) is 17.8 Å².